The van der Waals surface area contributed by atoms with E-state index >= 15 is 0 Å². The lowest BCUT2D eigenvalue weighted by atomic mass is 10.1. The molecule has 0 saturated carbocycles. The van der Waals surface area contributed by atoms with E-state index in [9.17, 15) is 0 Å². The summed E-state index contributed by atoms with van der Waals surface area (Å²) in [6.45, 7) is 2.06. The fraction of sp³-hybridized carbons (Fsp3) is 0.200. The monoisotopic (exact) mass is 93.0 g/mol. The number of hydrogen-bond donors (Lipinski definition) is 1. The van der Waals surface area contributed by atoms with E-state index in [-0.39, 0.29) is 0 Å². The molecule has 2 heteroatoms. The molecule has 2 bridgehead atoms. The van der Waals surface area contributed by atoms with E-state index in [4.69, 9.17) is 0 Å². The number of fused-ring (bicyclic) bond motifs is 1. The smallest absolute Gasteiger partial charge is 0.119 e. The molecule has 1 radical (unpaired) electrons. The Morgan fingerprint density at radius 3 is 2.71 bits per heavy atom. The van der Waals surface area contributed by atoms with Gasteiger partial charge in [-0.1, -0.05) is 0 Å². The Morgan fingerprint density at radius 1 is 1.71 bits per heavy atom. The molecule has 2 nitrogen and oxygen atoms in total. The van der Waals surface area contributed by atoms with E-state index in [2.05, 4.69) is 16.9 Å². The van der Waals surface area contributed by atoms with E-state index in [1.807, 2.05) is 6.20 Å². The number of aromatic nitrogens is 2. The van der Waals surface area contributed by atoms with Crippen LogP contribution in [-0.2, 0) is 0 Å². The first-order valence-corrected chi connectivity index (χ1v) is 2.27. The molecule has 0 amide bonds. The molecule has 0 aliphatic carbocycles. The highest BCUT2D eigenvalue weighted by atomic mass is 15.0. The van der Waals surface area contributed by atoms with Crippen LogP contribution < -0.4 is 0 Å². The van der Waals surface area contributed by atoms with Crippen molar-refractivity contribution in [2.45, 2.75) is 6.92 Å². The molecule has 0 unspecified atom stereocenters. The van der Waals surface area contributed by atoms with Gasteiger partial charge in [0.15, 0.2) is 0 Å². The quantitative estimate of drug-likeness (QED) is 0.503. The zero-order valence-corrected chi connectivity index (χ0v) is 4.02. The molecule has 1 aromatic rings. The number of H-pyrrole nitrogens is 1. The average Bonchev–Trinajstić information content (AvgIpc) is 2.18. The van der Waals surface area contributed by atoms with Gasteiger partial charge in [-0.05, 0) is 6.92 Å². The van der Waals surface area contributed by atoms with Gasteiger partial charge in [0.05, 0.1) is 11.6 Å². The molecule has 1 aromatic heterocycles. The molecular weight excluding hydrogens is 88.1 g/mol. The number of nitrogens with zero attached hydrogens (tertiary/aromatic N) is 1. The van der Waals surface area contributed by atoms with Crippen molar-refractivity contribution >= 4 is 0 Å². The minimum absolute atomic E-state index is 1.05. The summed E-state index contributed by atoms with van der Waals surface area (Å²) in [4.78, 5) is 7.04. The second-order valence-electron chi connectivity index (χ2n) is 1.76. The standard InChI is InChI=1S/C5H5N2/c1-3-4-2-6-5(3)7-4/h2H,1H3,(H,6,7). The van der Waals surface area contributed by atoms with Gasteiger partial charge in [-0.15, -0.1) is 0 Å². The highest BCUT2D eigenvalue weighted by molar-refractivity contribution is 5.41. The Kier molecular flexibility index (Phi) is 0.340. The molecule has 0 spiro atoms. The lowest BCUT2D eigenvalue weighted by molar-refractivity contribution is 0.944. The van der Waals surface area contributed by atoms with Crippen LogP contribution in [0.1, 0.15) is 18.4 Å². The third kappa shape index (κ3) is 0.204. The number of nitrogens with one attached hydrogen (secondary N) is 1. The predicted octanol–water partition coefficient (Wildman–Crippen LogP) is 0.714. The summed E-state index contributed by atoms with van der Waals surface area (Å²) >= 11 is 0. The third-order valence-corrected chi connectivity index (χ3v) is 1.32. The Balaban J connectivity index is 2.69. The van der Waals surface area contributed by atoms with Gasteiger partial charge < -0.3 is 4.98 Å². The molecule has 0 fully saturated rings. The van der Waals surface area contributed by atoms with Crippen LogP contribution >= 0.6 is 0 Å². The van der Waals surface area contributed by atoms with E-state index in [0.717, 1.165) is 11.5 Å². The molecule has 7 heavy (non-hydrogen) atoms. The molecule has 35 valence electrons. The van der Waals surface area contributed by atoms with Gasteiger partial charge in [0, 0.05) is 6.20 Å². The van der Waals surface area contributed by atoms with Crippen molar-refractivity contribution in [2.24, 2.45) is 0 Å². The third-order valence-electron chi connectivity index (χ3n) is 1.32. The van der Waals surface area contributed by atoms with E-state index < -0.39 is 0 Å². The summed E-state index contributed by atoms with van der Waals surface area (Å²) in [6.07, 6.45) is 1.92. The van der Waals surface area contributed by atoms with Gasteiger partial charge in [0.1, 0.15) is 5.82 Å². The van der Waals surface area contributed by atoms with Crippen LogP contribution in [0.5, 0.6) is 0 Å². The first kappa shape index (κ1) is 3.24. The van der Waals surface area contributed by atoms with Crippen LogP contribution in [0.25, 0.3) is 0 Å². The van der Waals surface area contributed by atoms with Crippen LogP contribution in [0.3, 0.4) is 0 Å². The second kappa shape index (κ2) is 0.735. The van der Waals surface area contributed by atoms with Gasteiger partial charge in [-0.3, -0.25) is 0 Å². The maximum Gasteiger partial charge on any atom is 0.119 e. The van der Waals surface area contributed by atoms with Crippen molar-refractivity contribution in [1.82, 2.24) is 9.97 Å². The molecule has 3 heterocycles. The molecule has 1 N–H and O–H groups in total. The summed E-state index contributed by atoms with van der Waals surface area (Å²) in [7, 11) is 0. The Bertz CT molecular complexity index is 164. The number of imidazole rings is 1. The van der Waals surface area contributed by atoms with Crippen LogP contribution in [0.15, 0.2) is 6.20 Å². The van der Waals surface area contributed by atoms with Crippen molar-refractivity contribution in [3.63, 3.8) is 0 Å². The van der Waals surface area contributed by atoms with Crippen molar-refractivity contribution in [3.05, 3.63) is 23.6 Å². The predicted molar refractivity (Wildman–Crippen MR) is 25.7 cm³/mol. The van der Waals surface area contributed by atoms with Crippen molar-refractivity contribution in [2.75, 3.05) is 0 Å². The van der Waals surface area contributed by atoms with Crippen molar-refractivity contribution in [1.29, 1.82) is 0 Å². The first-order chi connectivity index (χ1) is 3.38. The summed E-state index contributed by atoms with van der Waals surface area (Å²) in [5.74, 6) is 2.36. The van der Waals surface area contributed by atoms with Gasteiger partial charge >= 0.3 is 0 Å². The number of rotatable bonds is 0. The van der Waals surface area contributed by atoms with E-state index in [0.29, 0.717) is 0 Å². The summed E-state index contributed by atoms with van der Waals surface area (Å²) in [5.41, 5.74) is 1.12. The fourth-order valence-electron chi connectivity index (χ4n) is 0.774. The Morgan fingerprint density at radius 2 is 2.57 bits per heavy atom. The van der Waals surface area contributed by atoms with Gasteiger partial charge in [0.2, 0.25) is 0 Å². The lowest BCUT2D eigenvalue weighted by Gasteiger charge is -2.07. The normalized spacial score (nSPS) is 16.7. The molecule has 0 saturated heterocycles. The van der Waals surface area contributed by atoms with Crippen molar-refractivity contribution in [3.8, 4) is 0 Å². The summed E-state index contributed by atoms with van der Waals surface area (Å²) < 4.78 is 0. The first-order valence-electron chi connectivity index (χ1n) is 2.27. The van der Waals surface area contributed by atoms with Gasteiger partial charge in [-0.25, -0.2) is 4.98 Å². The average molecular weight is 93.1 g/mol. The Hall–Kier alpha value is -0.790. The number of aromatic amines is 1. The molecule has 0 aromatic carbocycles. The minimum Gasteiger partial charge on any atom is -0.347 e. The minimum atomic E-state index is 1.05. The van der Waals surface area contributed by atoms with E-state index in [1.165, 1.54) is 5.92 Å². The topological polar surface area (TPSA) is 28.7 Å². The maximum absolute atomic E-state index is 4.04. The Labute approximate surface area is 41.6 Å². The number of hydrogen-bond acceptors (Lipinski definition) is 1. The van der Waals surface area contributed by atoms with Crippen LogP contribution in [0.4, 0.5) is 0 Å². The highest BCUT2D eigenvalue weighted by Gasteiger charge is 2.24. The van der Waals surface area contributed by atoms with Crippen LogP contribution in [-0.4, -0.2) is 9.97 Å². The molecule has 3 rings (SSSR count). The SMILES string of the molecule is C[C]1c2c[nH]c1n2. The van der Waals surface area contributed by atoms with Crippen molar-refractivity contribution < 1.29 is 0 Å². The van der Waals surface area contributed by atoms with E-state index in [1.54, 1.807) is 0 Å². The zero-order valence-electron chi connectivity index (χ0n) is 4.02. The van der Waals surface area contributed by atoms with Crippen LogP contribution in [0, 0.1) is 5.92 Å². The highest BCUT2D eigenvalue weighted by Crippen LogP contribution is 2.27. The molecular formula is C5H5N2. The van der Waals surface area contributed by atoms with Crippen LogP contribution in [0.2, 0.25) is 0 Å². The zero-order chi connectivity index (χ0) is 4.85. The summed E-state index contributed by atoms with van der Waals surface area (Å²) in [6, 6.07) is 0. The van der Waals surface area contributed by atoms with Gasteiger partial charge in [-0.2, -0.15) is 0 Å². The largest absolute Gasteiger partial charge is 0.347 e. The second-order valence-corrected chi connectivity index (χ2v) is 1.76. The fourth-order valence-corrected chi connectivity index (χ4v) is 0.774. The molecule has 0 atom stereocenters. The molecule has 2 aliphatic heterocycles. The molecule has 2 aliphatic rings. The lowest BCUT2D eigenvalue weighted by Crippen LogP contribution is -2.06. The maximum atomic E-state index is 4.04. The summed E-state index contributed by atoms with van der Waals surface area (Å²) in [5, 5.41) is 0. The van der Waals surface area contributed by atoms with Gasteiger partial charge in [0.25, 0.3) is 0 Å².